The van der Waals surface area contributed by atoms with Crippen LogP contribution in [0.5, 0.6) is 5.75 Å². The zero-order valence-electron chi connectivity index (χ0n) is 27.1. The minimum Gasteiger partial charge on any atom is -0.508 e. The zero-order chi connectivity index (χ0) is 34.6. The third-order valence-electron chi connectivity index (χ3n) is 7.70. The Morgan fingerprint density at radius 1 is 0.978 bits per heavy atom. The number of hydrogen-bond donors (Lipinski definition) is 8. The van der Waals surface area contributed by atoms with Crippen molar-refractivity contribution in [3.8, 4) is 5.75 Å². The Labute approximate surface area is 269 Å². The minimum absolute atomic E-state index is 0.0229. The highest BCUT2D eigenvalue weighted by Crippen LogP contribution is 2.21. The van der Waals surface area contributed by atoms with Gasteiger partial charge in [0.15, 0.2) is 5.96 Å². The number of phenols is 1. The van der Waals surface area contributed by atoms with E-state index in [1.165, 1.54) is 17.0 Å². The summed E-state index contributed by atoms with van der Waals surface area (Å²) in [6, 6.07) is 1.05. The van der Waals surface area contributed by atoms with Gasteiger partial charge < -0.3 is 48.3 Å². The fourth-order valence-corrected chi connectivity index (χ4v) is 5.24. The molecule has 1 aliphatic rings. The lowest BCUT2D eigenvalue weighted by Gasteiger charge is -2.31. The molecule has 1 aromatic rings. The van der Waals surface area contributed by atoms with E-state index in [1.807, 2.05) is 13.8 Å². The van der Waals surface area contributed by atoms with Gasteiger partial charge in [-0.05, 0) is 61.6 Å². The summed E-state index contributed by atoms with van der Waals surface area (Å²) >= 11 is 0. The number of carboxylic acid groups (broad SMARTS) is 1. The van der Waals surface area contributed by atoms with Crippen LogP contribution in [0.15, 0.2) is 29.3 Å². The topological polar surface area (TPSA) is 256 Å². The number of phenolic OH excluding ortho intramolecular Hbond substituents is 1. The molecular formula is C31H50N8O7. The molecule has 11 N–H and O–H groups in total. The molecule has 0 saturated carbocycles. The van der Waals surface area contributed by atoms with Gasteiger partial charge in [-0.15, -0.1) is 0 Å². The van der Waals surface area contributed by atoms with Crippen molar-refractivity contribution in [1.82, 2.24) is 20.9 Å². The second kappa shape index (κ2) is 17.9. The Hall–Kier alpha value is -4.40. The van der Waals surface area contributed by atoms with Crippen LogP contribution in [0.2, 0.25) is 0 Å². The summed E-state index contributed by atoms with van der Waals surface area (Å²) in [5.41, 5.74) is 17.4. The largest absolute Gasteiger partial charge is 0.508 e. The highest BCUT2D eigenvalue weighted by molar-refractivity contribution is 5.96. The summed E-state index contributed by atoms with van der Waals surface area (Å²) in [6.45, 7) is 7.68. The number of aliphatic carboxylic acids is 1. The molecule has 1 fully saturated rings. The Balaban J connectivity index is 2.25. The third kappa shape index (κ3) is 11.8. The molecule has 0 aromatic heterocycles. The van der Waals surface area contributed by atoms with Gasteiger partial charge >= 0.3 is 5.97 Å². The summed E-state index contributed by atoms with van der Waals surface area (Å²) in [5, 5.41) is 27.3. The first kappa shape index (κ1) is 37.8. The molecule has 15 nitrogen and oxygen atoms in total. The van der Waals surface area contributed by atoms with E-state index in [0.717, 1.165) is 0 Å². The summed E-state index contributed by atoms with van der Waals surface area (Å²) in [5.74, 6) is -3.84. The van der Waals surface area contributed by atoms with Gasteiger partial charge in [-0.25, -0.2) is 4.79 Å². The molecule has 0 spiro atoms. The molecule has 1 aliphatic heterocycles. The van der Waals surface area contributed by atoms with Gasteiger partial charge in [0.1, 0.15) is 29.9 Å². The van der Waals surface area contributed by atoms with Gasteiger partial charge in [-0.2, -0.15) is 0 Å². The standard InChI is InChI=1S/C31H50N8O7/c1-17(2)15-23(29(44)39-14-6-8-24(39)28(43)38-25(18(3)4)30(45)46)37-27(42)22(16-19-9-11-20(40)12-10-19)36-26(41)21(32)7-5-13-35-31(33)34/h9-12,17-18,21-25,40H,5-8,13-16,32H2,1-4H3,(H,36,41)(H,37,42)(H,38,43)(H,45,46)(H4,33,34,35)/t21-,22-,23-,24-,25-/m0/s1. The van der Waals surface area contributed by atoms with E-state index >= 15 is 0 Å². The number of benzene rings is 1. The Morgan fingerprint density at radius 3 is 2.17 bits per heavy atom. The second-order valence-electron chi connectivity index (χ2n) is 12.4. The quantitative estimate of drug-likeness (QED) is 0.0614. The average Bonchev–Trinajstić information content (AvgIpc) is 3.47. The highest BCUT2D eigenvalue weighted by atomic mass is 16.4. The summed E-state index contributed by atoms with van der Waals surface area (Å²) in [7, 11) is 0. The molecule has 15 heteroatoms. The molecule has 5 atom stereocenters. The highest BCUT2D eigenvalue weighted by Gasteiger charge is 2.40. The van der Waals surface area contributed by atoms with Gasteiger partial charge in [0, 0.05) is 19.5 Å². The van der Waals surface area contributed by atoms with E-state index in [9.17, 15) is 34.2 Å². The maximum atomic E-state index is 13.9. The lowest BCUT2D eigenvalue weighted by atomic mass is 9.99. The van der Waals surface area contributed by atoms with Crippen LogP contribution in [0.4, 0.5) is 0 Å². The number of carbonyl (C=O) groups excluding carboxylic acids is 4. The second-order valence-corrected chi connectivity index (χ2v) is 12.4. The third-order valence-corrected chi connectivity index (χ3v) is 7.70. The van der Waals surface area contributed by atoms with E-state index in [1.54, 1.807) is 26.0 Å². The van der Waals surface area contributed by atoms with Crippen LogP contribution >= 0.6 is 0 Å². The van der Waals surface area contributed by atoms with Crippen molar-refractivity contribution in [2.45, 2.75) is 96.4 Å². The van der Waals surface area contributed by atoms with Crippen molar-refractivity contribution in [2.24, 2.45) is 34.0 Å². The average molecular weight is 647 g/mol. The van der Waals surface area contributed by atoms with Gasteiger partial charge in [0.25, 0.3) is 0 Å². The van der Waals surface area contributed by atoms with E-state index in [-0.39, 0.29) is 55.9 Å². The molecule has 256 valence electrons. The molecule has 1 saturated heterocycles. The molecule has 0 bridgehead atoms. The number of nitrogens with one attached hydrogen (secondary N) is 3. The number of hydrogen-bond acceptors (Lipinski definition) is 8. The van der Waals surface area contributed by atoms with Crippen LogP contribution in [-0.4, -0.2) is 94.0 Å². The first-order chi connectivity index (χ1) is 21.6. The Bertz CT molecular complexity index is 1230. The lowest BCUT2D eigenvalue weighted by molar-refractivity contribution is -0.146. The van der Waals surface area contributed by atoms with Gasteiger partial charge in [0.2, 0.25) is 23.6 Å². The SMILES string of the molecule is CC(C)C[C@H](NC(=O)[C@H](Cc1ccc(O)cc1)NC(=O)[C@@H](N)CCCN=C(N)N)C(=O)N1CCC[C@H]1C(=O)N[C@H](C(=O)O)C(C)C. The van der Waals surface area contributed by atoms with Gasteiger partial charge in [-0.3, -0.25) is 24.2 Å². The molecule has 1 heterocycles. The number of amides is 4. The molecule has 4 amide bonds. The van der Waals surface area contributed by atoms with Crippen molar-refractivity contribution >= 4 is 35.6 Å². The predicted octanol–water partition coefficient (Wildman–Crippen LogP) is -0.452. The summed E-state index contributed by atoms with van der Waals surface area (Å²) < 4.78 is 0. The van der Waals surface area contributed by atoms with Crippen LogP contribution in [-0.2, 0) is 30.4 Å². The number of likely N-dealkylation sites (tertiary alicyclic amines) is 1. The van der Waals surface area contributed by atoms with Crippen LogP contribution in [0.25, 0.3) is 0 Å². The Morgan fingerprint density at radius 2 is 1.61 bits per heavy atom. The summed E-state index contributed by atoms with van der Waals surface area (Å²) in [6.07, 6.45) is 1.87. The van der Waals surface area contributed by atoms with Crippen molar-refractivity contribution in [3.63, 3.8) is 0 Å². The normalized spacial score (nSPS) is 17.1. The fraction of sp³-hybridized carbons (Fsp3) is 0.613. The smallest absolute Gasteiger partial charge is 0.326 e. The molecular weight excluding hydrogens is 596 g/mol. The van der Waals surface area contributed by atoms with E-state index in [0.29, 0.717) is 24.8 Å². The lowest BCUT2D eigenvalue weighted by Crippen LogP contribution is -2.59. The monoisotopic (exact) mass is 646 g/mol. The summed E-state index contributed by atoms with van der Waals surface area (Å²) in [4.78, 5) is 70.7. The van der Waals surface area contributed by atoms with Crippen LogP contribution in [0.3, 0.4) is 0 Å². The number of carboxylic acids is 1. The van der Waals surface area contributed by atoms with Gasteiger partial charge in [0.05, 0.1) is 6.04 Å². The van der Waals surface area contributed by atoms with Crippen LogP contribution in [0.1, 0.15) is 65.4 Å². The maximum Gasteiger partial charge on any atom is 0.326 e. The van der Waals surface area contributed by atoms with E-state index < -0.39 is 59.8 Å². The molecule has 0 radical (unpaired) electrons. The zero-order valence-corrected chi connectivity index (χ0v) is 27.1. The number of guanidine groups is 1. The molecule has 2 rings (SSSR count). The van der Waals surface area contributed by atoms with E-state index in [4.69, 9.17) is 17.2 Å². The number of aromatic hydroxyl groups is 1. The fourth-order valence-electron chi connectivity index (χ4n) is 5.24. The number of nitrogens with zero attached hydrogens (tertiary/aromatic N) is 2. The molecule has 0 aliphatic carbocycles. The number of aliphatic imine (C=N–C) groups is 1. The molecule has 1 aromatic carbocycles. The van der Waals surface area contributed by atoms with Crippen molar-refractivity contribution in [2.75, 3.05) is 13.1 Å². The van der Waals surface area contributed by atoms with Crippen LogP contribution < -0.4 is 33.2 Å². The first-order valence-electron chi connectivity index (χ1n) is 15.6. The van der Waals surface area contributed by atoms with Crippen molar-refractivity contribution in [3.05, 3.63) is 29.8 Å². The van der Waals surface area contributed by atoms with Crippen LogP contribution in [0, 0.1) is 11.8 Å². The number of rotatable bonds is 17. The molecule has 0 unspecified atom stereocenters. The number of nitrogens with two attached hydrogens (primary N) is 3. The predicted molar refractivity (Wildman–Crippen MR) is 172 cm³/mol. The maximum absolute atomic E-state index is 13.9. The Kier molecular flexibility index (Phi) is 14.7. The first-order valence-corrected chi connectivity index (χ1v) is 15.6. The van der Waals surface area contributed by atoms with Crippen molar-refractivity contribution in [1.29, 1.82) is 0 Å². The van der Waals surface area contributed by atoms with Crippen molar-refractivity contribution < 1.29 is 34.2 Å². The number of carbonyl (C=O) groups is 5. The molecule has 46 heavy (non-hydrogen) atoms. The van der Waals surface area contributed by atoms with E-state index in [2.05, 4.69) is 20.9 Å². The minimum atomic E-state index is -1.17. The van der Waals surface area contributed by atoms with Gasteiger partial charge in [-0.1, -0.05) is 39.8 Å².